The molecule has 0 bridgehead atoms. The maximum Gasteiger partial charge on any atom is 0.268 e. The first-order chi connectivity index (χ1) is 15.4. The number of aliphatic imine (C=N–C) groups is 2. The molecular weight excluding hydrogens is 404 g/mol. The maximum absolute atomic E-state index is 10.3. The quantitative estimate of drug-likeness (QED) is 0.528. The fourth-order valence-corrected chi connectivity index (χ4v) is 4.53. The van der Waals surface area contributed by atoms with Crippen molar-refractivity contribution in [1.82, 2.24) is 0 Å². The third kappa shape index (κ3) is 3.54. The van der Waals surface area contributed by atoms with Crippen molar-refractivity contribution in [3.63, 3.8) is 0 Å². The minimum Gasteiger partial charge on any atom is -0.493 e. The SMILES string of the molecule is CCOc1cc(Oc2ccccc2)ccc1C1=NC(C2CC(C)(O)C2)=C2C=NC=C[N+]12N. The largest absolute Gasteiger partial charge is 0.493 e. The lowest BCUT2D eigenvalue weighted by Crippen LogP contribution is -2.53. The van der Waals surface area contributed by atoms with Crippen LogP contribution in [0, 0.1) is 5.92 Å². The van der Waals surface area contributed by atoms with Gasteiger partial charge in [-0.1, -0.05) is 18.2 Å². The molecule has 1 fully saturated rings. The fourth-order valence-electron chi connectivity index (χ4n) is 4.53. The molecule has 0 spiro atoms. The molecule has 0 aromatic heterocycles. The normalized spacial score (nSPS) is 28.2. The van der Waals surface area contributed by atoms with Crippen molar-refractivity contribution in [2.24, 2.45) is 21.7 Å². The summed E-state index contributed by atoms with van der Waals surface area (Å²) in [6, 6.07) is 15.3. The third-order valence-corrected chi connectivity index (χ3v) is 6.05. The van der Waals surface area contributed by atoms with Crippen LogP contribution in [0.2, 0.25) is 0 Å². The summed E-state index contributed by atoms with van der Waals surface area (Å²) in [5.74, 6) is 9.75. The van der Waals surface area contributed by atoms with Crippen LogP contribution in [-0.2, 0) is 0 Å². The monoisotopic (exact) mass is 431 g/mol. The van der Waals surface area contributed by atoms with Gasteiger partial charge in [0.2, 0.25) is 5.70 Å². The molecule has 5 rings (SSSR count). The molecule has 32 heavy (non-hydrogen) atoms. The van der Waals surface area contributed by atoms with Gasteiger partial charge < -0.3 is 14.6 Å². The Morgan fingerprint density at radius 1 is 1.16 bits per heavy atom. The van der Waals surface area contributed by atoms with Crippen molar-refractivity contribution in [3.05, 3.63) is 77.9 Å². The second-order valence-electron chi connectivity index (χ2n) is 8.67. The van der Waals surface area contributed by atoms with Crippen LogP contribution >= 0.6 is 0 Å². The van der Waals surface area contributed by atoms with E-state index < -0.39 is 5.60 Å². The highest BCUT2D eigenvalue weighted by Crippen LogP contribution is 2.47. The standard InChI is InChI=1S/C25H27N4O3/c1-3-31-22-13-19(32-18-7-5-4-6-8-18)9-10-20(22)24-28-23(17-14-25(2,30)15-17)21-16-27-11-12-29(21,24)26/h4-13,16-17,30H,3,14-15,26H2,1-2H3/q+1. The summed E-state index contributed by atoms with van der Waals surface area (Å²) in [4.78, 5) is 9.28. The van der Waals surface area contributed by atoms with Gasteiger partial charge in [-0.15, -0.1) is 4.59 Å². The van der Waals surface area contributed by atoms with E-state index in [1.165, 1.54) is 0 Å². The number of hydrogen-bond acceptors (Lipinski definition) is 6. The van der Waals surface area contributed by atoms with Crippen LogP contribution in [0.25, 0.3) is 0 Å². The van der Waals surface area contributed by atoms with Gasteiger partial charge in [-0.25, -0.2) is 0 Å². The molecule has 2 heterocycles. The molecule has 0 saturated heterocycles. The van der Waals surface area contributed by atoms with E-state index in [0.717, 1.165) is 22.7 Å². The van der Waals surface area contributed by atoms with Crippen molar-refractivity contribution in [1.29, 1.82) is 0 Å². The summed E-state index contributed by atoms with van der Waals surface area (Å²) >= 11 is 0. The van der Waals surface area contributed by atoms with Crippen LogP contribution in [-0.4, -0.2) is 34.0 Å². The summed E-state index contributed by atoms with van der Waals surface area (Å²) in [6.07, 6.45) is 6.59. The predicted octanol–water partition coefficient (Wildman–Crippen LogP) is 4.26. The number of nitrogens with zero attached hydrogens (tertiary/aromatic N) is 3. The lowest BCUT2D eigenvalue weighted by Gasteiger charge is -2.40. The van der Waals surface area contributed by atoms with E-state index in [1.807, 2.05) is 68.6 Å². The fraction of sp³-hybridized carbons (Fsp3) is 0.280. The first kappa shape index (κ1) is 20.6. The number of nitrogens with two attached hydrogens (primary N) is 1. The van der Waals surface area contributed by atoms with Gasteiger partial charge in [-0.3, -0.25) is 4.99 Å². The highest BCUT2D eigenvalue weighted by molar-refractivity contribution is 6.02. The van der Waals surface area contributed by atoms with E-state index >= 15 is 0 Å². The van der Waals surface area contributed by atoms with Gasteiger partial charge in [0, 0.05) is 12.0 Å². The molecule has 2 aromatic carbocycles. The Bertz CT molecular complexity index is 1160. The number of para-hydroxylation sites is 1. The van der Waals surface area contributed by atoms with Crippen molar-refractivity contribution in [2.45, 2.75) is 32.3 Å². The van der Waals surface area contributed by atoms with Crippen LogP contribution in [0.1, 0.15) is 32.3 Å². The summed E-state index contributed by atoms with van der Waals surface area (Å²) in [5, 5.41) is 10.3. The molecule has 7 heteroatoms. The molecule has 2 aliphatic heterocycles. The number of fused-ring (bicyclic) bond motifs is 1. The van der Waals surface area contributed by atoms with Gasteiger partial charge in [0.25, 0.3) is 5.84 Å². The lowest BCUT2D eigenvalue weighted by molar-refractivity contribution is -0.750. The molecule has 164 valence electrons. The molecule has 3 aliphatic rings. The van der Waals surface area contributed by atoms with Crippen LogP contribution in [0.15, 0.2) is 82.3 Å². The Labute approximate surface area is 187 Å². The molecule has 7 nitrogen and oxygen atoms in total. The first-order valence-electron chi connectivity index (χ1n) is 10.8. The van der Waals surface area contributed by atoms with Crippen LogP contribution in [0.5, 0.6) is 17.2 Å². The second kappa shape index (κ2) is 7.70. The number of ether oxygens (including phenoxy) is 2. The summed E-state index contributed by atoms with van der Waals surface area (Å²) in [6.45, 7) is 4.29. The molecular formula is C25H27N4O3+. The van der Waals surface area contributed by atoms with Gasteiger partial charge in [0.05, 0.1) is 24.6 Å². The van der Waals surface area contributed by atoms with E-state index in [2.05, 4.69) is 4.99 Å². The first-order valence-corrected chi connectivity index (χ1v) is 10.8. The third-order valence-electron chi connectivity index (χ3n) is 6.05. The highest BCUT2D eigenvalue weighted by Gasteiger charge is 2.51. The molecule has 0 amide bonds. The van der Waals surface area contributed by atoms with E-state index in [1.54, 1.807) is 12.4 Å². The molecule has 1 atom stereocenters. The van der Waals surface area contributed by atoms with Gasteiger partial charge in [0.15, 0.2) is 0 Å². The average molecular weight is 432 g/mol. The van der Waals surface area contributed by atoms with E-state index in [-0.39, 0.29) is 10.5 Å². The zero-order valence-electron chi connectivity index (χ0n) is 18.2. The molecule has 0 radical (unpaired) electrons. The summed E-state index contributed by atoms with van der Waals surface area (Å²) < 4.78 is 11.9. The number of aliphatic hydroxyl groups is 1. The number of rotatable bonds is 6. The van der Waals surface area contributed by atoms with Crippen LogP contribution in [0.4, 0.5) is 0 Å². The van der Waals surface area contributed by atoms with Gasteiger partial charge >= 0.3 is 0 Å². The van der Waals surface area contributed by atoms with E-state index in [0.29, 0.717) is 36.8 Å². The molecule has 1 unspecified atom stereocenters. The lowest BCUT2D eigenvalue weighted by atomic mass is 9.70. The van der Waals surface area contributed by atoms with E-state index in [4.69, 9.17) is 20.3 Å². The van der Waals surface area contributed by atoms with Crippen molar-refractivity contribution in [3.8, 4) is 17.2 Å². The second-order valence-corrected chi connectivity index (χ2v) is 8.67. The van der Waals surface area contributed by atoms with Gasteiger partial charge in [0.1, 0.15) is 34.7 Å². The minimum atomic E-state index is -0.657. The molecule has 1 saturated carbocycles. The summed E-state index contributed by atoms with van der Waals surface area (Å²) in [7, 11) is 0. The van der Waals surface area contributed by atoms with Crippen molar-refractivity contribution < 1.29 is 19.2 Å². The van der Waals surface area contributed by atoms with E-state index in [9.17, 15) is 5.11 Å². The average Bonchev–Trinajstić information content (AvgIpc) is 3.06. The summed E-state index contributed by atoms with van der Waals surface area (Å²) in [5.41, 5.74) is 1.85. The van der Waals surface area contributed by atoms with Crippen molar-refractivity contribution >= 4 is 12.1 Å². The van der Waals surface area contributed by atoms with Crippen LogP contribution < -0.4 is 15.3 Å². The topological polar surface area (TPSA) is 89.4 Å². The van der Waals surface area contributed by atoms with Crippen molar-refractivity contribution in [2.75, 3.05) is 6.61 Å². The zero-order valence-corrected chi connectivity index (χ0v) is 18.2. The molecule has 1 aliphatic carbocycles. The van der Waals surface area contributed by atoms with Gasteiger partial charge in [-0.2, -0.15) is 10.8 Å². The molecule has 2 aromatic rings. The van der Waals surface area contributed by atoms with Gasteiger partial charge in [-0.05, 0) is 51.0 Å². The number of quaternary nitrogens is 1. The minimum absolute atomic E-state index is 0.0730. The molecule has 3 N–H and O–H groups in total. The Hall–Kier alpha value is -3.26. The number of hydrogen-bond donors (Lipinski definition) is 2. The smallest absolute Gasteiger partial charge is 0.268 e. The number of benzene rings is 2. The highest BCUT2D eigenvalue weighted by atomic mass is 16.5. The number of allylic oxidation sites excluding steroid dienone is 2. The predicted molar refractivity (Wildman–Crippen MR) is 123 cm³/mol. The Kier molecular flexibility index (Phi) is 4.97. The number of amidine groups is 1. The van der Waals surface area contributed by atoms with Crippen LogP contribution in [0.3, 0.4) is 0 Å². The zero-order chi connectivity index (χ0) is 22.3. The Morgan fingerprint density at radius 2 is 1.94 bits per heavy atom. The maximum atomic E-state index is 10.3. The Morgan fingerprint density at radius 3 is 2.66 bits per heavy atom. The Balaban J connectivity index is 1.53.